The molecule has 1 saturated carbocycles. The lowest BCUT2D eigenvalue weighted by atomic mass is 9.82. The maximum atomic E-state index is 13.2. The fraction of sp³-hybridized carbons (Fsp3) is 0.464. The molecule has 1 fully saturated rings. The predicted molar refractivity (Wildman–Crippen MR) is 124 cm³/mol. The highest BCUT2D eigenvalue weighted by Crippen LogP contribution is 2.71. The topological polar surface area (TPSA) is 26.3 Å². The highest BCUT2D eigenvalue weighted by atomic mass is 16.5. The Morgan fingerprint density at radius 3 is 2.47 bits per heavy atom. The lowest BCUT2D eigenvalue weighted by Gasteiger charge is -2.22. The molecule has 2 nitrogen and oxygen atoms in total. The average Bonchev–Trinajstić information content (AvgIpc) is 3.35. The average molecular weight is 403 g/mol. The molecule has 0 aliphatic heterocycles. The molecule has 2 aliphatic rings. The number of hydrogen-bond donors (Lipinski definition) is 0. The number of hydrogen-bond acceptors (Lipinski definition) is 2. The number of ether oxygens (including phenoxy) is 1. The lowest BCUT2D eigenvalue weighted by Crippen LogP contribution is -2.14. The van der Waals surface area contributed by atoms with E-state index in [9.17, 15) is 4.79 Å². The van der Waals surface area contributed by atoms with Crippen molar-refractivity contribution in [1.29, 1.82) is 0 Å². The van der Waals surface area contributed by atoms with Crippen molar-refractivity contribution < 1.29 is 9.53 Å². The van der Waals surface area contributed by atoms with Crippen LogP contribution in [0.4, 0.5) is 0 Å². The van der Waals surface area contributed by atoms with Crippen molar-refractivity contribution >= 4 is 17.1 Å². The van der Waals surface area contributed by atoms with Gasteiger partial charge in [-0.25, -0.2) is 4.79 Å². The van der Waals surface area contributed by atoms with E-state index in [1.54, 1.807) is 0 Å². The summed E-state index contributed by atoms with van der Waals surface area (Å²) in [6, 6.07) is 18.8. The Hall–Kier alpha value is -2.35. The SMILES string of the molecule is CCCCCCC1(C)[C@@H]2Cc3ccccc3/C(=C(/C(=O)OCC)c3ccccc3)[C@@H]21. The minimum atomic E-state index is -0.186. The summed E-state index contributed by atoms with van der Waals surface area (Å²) in [7, 11) is 0. The smallest absolute Gasteiger partial charge is 0.339 e. The summed E-state index contributed by atoms with van der Waals surface area (Å²) < 4.78 is 5.58. The molecule has 0 heterocycles. The van der Waals surface area contributed by atoms with Crippen LogP contribution in [0.15, 0.2) is 54.6 Å². The first-order valence-electron chi connectivity index (χ1n) is 11.7. The Labute approximate surface area is 181 Å². The third kappa shape index (κ3) is 3.73. The van der Waals surface area contributed by atoms with E-state index in [1.807, 2.05) is 37.3 Å². The largest absolute Gasteiger partial charge is 0.462 e. The van der Waals surface area contributed by atoms with Crippen LogP contribution in [0, 0.1) is 17.3 Å². The first-order chi connectivity index (χ1) is 14.6. The van der Waals surface area contributed by atoms with Crippen LogP contribution in [0.25, 0.3) is 11.1 Å². The highest BCUT2D eigenvalue weighted by Gasteiger charge is 2.64. The van der Waals surface area contributed by atoms with Crippen LogP contribution in [0.3, 0.4) is 0 Å². The number of allylic oxidation sites excluding steroid dienone is 1. The van der Waals surface area contributed by atoms with Crippen LogP contribution in [0.1, 0.15) is 69.6 Å². The van der Waals surface area contributed by atoms with Gasteiger partial charge in [0.25, 0.3) is 0 Å². The van der Waals surface area contributed by atoms with E-state index < -0.39 is 0 Å². The van der Waals surface area contributed by atoms with E-state index in [0.717, 1.165) is 17.6 Å². The summed E-state index contributed by atoms with van der Waals surface area (Å²) in [5, 5.41) is 0. The number of esters is 1. The number of benzene rings is 2. The van der Waals surface area contributed by atoms with E-state index in [2.05, 4.69) is 38.1 Å². The summed E-state index contributed by atoms with van der Waals surface area (Å²) in [5.74, 6) is 0.875. The van der Waals surface area contributed by atoms with Crippen molar-refractivity contribution in [3.63, 3.8) is 0 Å². The summed E-state index contributed by atoms with van der Waals surface area (Å²) >= 11 is 0. The zero-order chi connectivity index (χ0) is 21.1. The molecule has 0 bridgehead atoms. The van der Waals surface area contributed by atoms with Gasteiger partial charge in [-0.05, 0) is 59.3 Å². The minimum absolute atomic E-state index is 0.186. The predicted octanol–water partition coefficient (Wildman–Crippen LogP) is 6.94. The number of carbonyl (C=O) groups excluding carboxylic acids is 1. The van der Waals surface area contributed by atoms with Crippen molar-refractivity contribution in [2.45, 2.75) is 59.3 Å². The van der Waals surface area contributed by atoms with Gasteiger partial charge in [0.15, 0.2) is 0 Å². The summed E-state index contributed by atoms with van der Waals surface area (Å²) in [6.07, 6.45) is 7.53. The van der Waals surface area contributed by atoms with Gasteiger partial charge < -0.3 is 4.74 Å². The molecule has 2 aliphatic carbocycles. The summed E-state index contributed by atoms with van der Waals surface area (Å²) in [4.78, 5) is 13.2. The Morgan fingerprint density at radius 2 is 1.73 bits per heavy atom. The van der Waals surface area contributed by atoms with Crippen LogP contribution < -0.4 is 0 Å². The first-order valence-corrected chi connectivity index (χ1v) is 11.7. The Bertz CT molecular complexity index is 927. The summed E-state index contributed by atoms with van der Waals surface area (Å²) in [5.41, 5.74) is 5.88. The molecule has 0 N–H and O–H groups in total. The fourth-order valence-corrected chi connectivity index (χ4v) is 5.66. The molecule has 4 rings (SSSR count). The molecule has 2 aromatic rings. The van der Waals surface area contributed by atoms with E-state index in [4.69, 9.17) is 4.74 Å². The van der Waals surface area contributed by atoms with E-state index >= 15 is 0 Å². The molecule has 30 heavy (non-hydrogen) atoms. The molecular formula is C28H34O2. The number of unbranched alkanes of at least 4 members (excludes halogenated alkanes) is 3. The highest BCUT2D eigenvalue weighted by molar-refractivity contribution is 6.25. The quantitative estimate of drug-likeness (QED) is 0.271. The minimum Gasteiger partial charge on any atom is -0.462 e. The second-order valence-corrected chi connectivity index (χ2v) is 9.14. The van der Waals surface area contributed by atoms with Gasteiger partial charge in [-0.2, -0.15) is 0 Å². The van der Waals surface area contributed by atoms with Crippen molar-refractivity contribution in [1.82, 2.24) is 0 Å². The normalized spacial score (nSPS) is 25.8. The fourth-order valence-electron chi connectivity index (χ4n) is 5.66. The molecule has 0 saturated heterocycles. The van der Waals surface area contributed by atoms with Gasteiger partial charge in [0.1, 0.15) is 0 Å². The zero-order valence-electron chi connectivity index (χ0n) is 18.6. The van der Waals surface area contributed by atoms with E-state index in [-0.39, 0.29) is 11.4 Å². The van der Waals surface area contributed by atoms with Gasteiger partial charge in [0.05, 0.1) is 12.2 Å². The van der Waals surface area contributed by atoms with Crippen LogP contribution in [0.5, 0.6) is 0 Å². The van der Waals surface area contributed by atoms with Crippen LogP contribution in [-0.4, -0.2) is 12.6 Å². The van der Waals surface area contributed by atoms with Gasteiger partial charge in [-0.15, -0.1) is 0 Å². The number of carbonyl (C=O) groups is 1. The van der Waals surface area contributed by atoms with Crippen molar-refractivity contribution in [2.24, 2.45) is 17.3 Å². The van der Waals surface area contributed by atoms with Crippen LogP contribution in [-0.2, 0) is 16.0 Å². The maximum absolute atomic E-state index is 13.2. The third-order valence-electron chi connectivity index (χ3n) is 7.29. The Kier molecular flexibility index (Phi) is 6.13. The standard InChI is InChI=1S/C28H34O2/c1-4-6-7-13-18-28(3)23-19-21-16-11-12-17-22(21)25(26(23)28)24(27(29)30-5-2)20-14-9-8-10-15-20/h8-12,14-17,23,26H,4-7,13,18-19H2,1-3H3/b25-24-/t23-,26-,28?/m1/s1. The van der Waals surface area contributed by atoms with E-state index in [0.29, 0.717) is 18.4 Å². The molecule has 2 aromatic carbocycles. The second-order valence-electron chi connectivity index (χ2n) is 9.14. The molecule has 0 radical (unpaired) electrons. The molecule has 0 spiro atoms. The van der Waals surface area contributed by atoms with Crippen LogP contribution in [0.2, 0.25) is 0 Å². The molecular weight excluding hydrogens is 368 g/mol. The Morgan fingerprint density at radius 1 is 1.00 bits per heavy atom. The lowest BCUT2D eigenvalue weighted by molar-refractivity contribution is -0.136. The second kappa shape index (κ2) is 8.79. The molecule has 2 heteroatoms. The van der Waals surface area contributed by atoms with Gasteiger partial charge in [0.2, 0.25) is 0 Å². The monoisotopic (exact) mass is 402 g/mol. The molecule has 0 amide bonds. The van der Waals surface area contributed by atoms with Gasteiger partial charge in [-0.1, -0.05) is 94.1 Å². The maximum Gasteiger partial charge on any atom is 0.339 e. The number of rotatable bonds is 8. The van der Waals surface area contributed by atoms with Gasteiger partial charge in [-0.3, -0.25) is 0 Å². The van der Waals surface area contributed by atoms with E-state index in [1.165, 1.54) is 48.8 Å². The third-order valence-corrected chi connectivity index (χ3v) is 7.29. The molecule has 3 atom stereocenters. The van der Waals surface area contributed by atoms with Crippen LogP contribution >= 0.6 is 0 Å². The Balaban J connectivity index is 1.82. The zero-order valence-corrected chi connectivity index (χ0v) is 18.6. The van der Waals surface area contributed by atoms with Crippen molar-refractivity contribution in [2.75, 3.05) is 6.61 Å². The van der Waals surface area contributed by atoms with Gasteiger partial charge >= 0.3 is 5.97 Å². The molecule has 1 unspecified atom stereocenters. The van der Waals surface area contributed by atoms with Crippen molar-refractivity contribution in [3.8, 4) is 0 Å². The molecule has 0 aromatic heterocycles. The number of fused-ring (bicyclic) bond motifs is 2. The molecule has 158 valence electrons. The van der Waals surface area contributed by atoms with Gasteiger partial charge in [0, 0.05) is 0 Å². The summed E-state index contributed by atoms with van der Waals surface area (Å²) in [6.45, 7) is 7.00. The first kappa shape index (κ1) is 20.9. The van der Waals surface area contributed by atoms with Crippen molar-refractivity contribution in [3.05, 3.63) is 71.3 Å².